The maximum atomic E-state index is 13.5. The van der Waals surface area contributed by atoms with E-state index in [1.807, 2.05) is 67.6 Å². The molecule has 3 aromatic carbocycles. The molecule has 0 saturated heterocycles. The van der Waals surface area contributed by atoms with Crippen LogP contribution in [-0.2, 0) is 23.1 Å². The van der Waals surface area contributed by atoms with Crippen LogP contribution in [0.25, 0.3) is 0 Å². The first kappa shape index (κ1) is 19.6. The van der Waals surface area contributed by atoms with Crippen molar-refractivity contribution in [3.63, 3.8) is 0 Å². The molecule has 27 heavy (non-hydrogen) atoms. The van der Waals surface area contributed by atoms with Crippen LogP contribution >= 0.6 is 11.6 Å². The lowest BCUT2D eigenvalue weighted by Crippen LogP contribution is -2.31. The van der Waals surface area contributed by atoms with Crippen molar-refractivity contribution < 1.29 is 8.42 Å². The third kappa shape index (κ3) is 4.59. The van der Waals surface area contributed by atoms with E-state index in [0.717, 1.165) is 16.7 Å². The first-order valence-corrected chi connectivity index (χ1v) is 10.5. The monoisotopic (exact) mass is 399 g/mol. The molecule has 0 aliphatic heterocycles. The number of nitrogens with zero attached hydrogens (tertiary/aromatic N) is 1. The Hall–Kier alpha value is -2.14. The van der Waals surface area contributed by atoms with E-state index < -0.39 is 10.0 Å². The second kappa shape index (κ2) is 8.26. The fraction of sp³-hybridized carbons (Fsp3) is 0.182. The minimum Gasteiger partial charge on any atom is -0.207 e. The molecular weight excluding hydrogens is 378 g/mol. The molecule has 140 valence electrons. The Kier molecular flexibility index (Phi) is 6.00. The average molecular weight is 400 g/mol. The molecule has 5 heteroatoms. The Balaban J connectivity index is 2.04. The van der Waals surface area contributed by atoms with Crippen LogP contribution in [0.2, 0.25) is 5.02 Å². The summed E-state index contributed by atoms with van der Waals surface area (Å²) >= 11 is 6.17. The average Bonchev–Trinajstić information content (AvgIpc) is 2.66. The van der Waals surface area contributed by atoms with E-state index in [0.29, 0.717) is 28.6 Å². The van der Waals surface area contributed by atoms with E-state index in [2.05, 4.69) is 0 Å². The molecule has 0 saturated carbocycles. The largest absolute Gasteiger partial charge is 0.243 e. The Labute approximate surface area is 166 Å². The van der Waals surface area contributed by atoms with Crippen LogP contribution in [0.15, 0.2) is 77.7 Å². The Bertz CT molecular complexity index is 977. The predicted octanol–water partition coefficient (Wildman–Crippen LogP) is 5.35. The molecule has 0 fully saturated rings. The van der Waals surface area contributed by atoms with Gasteiger partial charge >= 0.3 is 0 Å². The molecule has 3 aromatic rings. The van der Waals surface area contributed by atoms with Gasteiger partial charge in [-0.25, -0.2) is 8.42 Å². The highest BCUT2D eigenvalue weighted by atomic mass is 35.5. The topological polar surface area (TPSA) is 37.4 Å². The summed E-state index contributed by atoms with van der Waals surface area (Å²) in [5.41, 5.74) is 3.29. The molecule has 0 heterocycles. The zero-order valence-corrected chi connectivity index (χ0v) is 17.0. The minimum absolute atomic E-state index is 0.302. The molecule has 0 N–H and O–H groups in total. The third-order valence-corrected chi connectivity index (χ3v) is 6.82. The van der Waals surface area contributed by atoms with Crippen LogP contribution in [0.4, 0.5) is 0 Å². The lowest BCUT2D eigenvalue weighted by Gasteiger charge is -2.24. The van der Waals surface area contributed by atoms with Gasteiger partial charge in [-0.05, 0) is 48.2 Å². The minimum atomic E-state index is -3.69. The predicted molar refractivity (Wildman–Crippen MR) is 110 cm³/mol. The molecular formula is C22H22ClNO2S. The smallest absolute Gasteiger partial charge is 0.207 e. The lowest BCUT2D eigenvalue weighted by molar-refractivity contribution is 0.401. The van der Waals surface area contributed by atoms with Gasteiger partial charge in [0.15, 0.2) is 0 Å². The third-order valence-electron chi connectivity index (χ3n) is 4.48. The van der Waals surface area contributed by atoms with Crippen molar-refractivity contribution in [2.24, 2.45) is 0 Å². The maximum Gasteiger partial charge on any atom is 0.243 e. The molecule has 3 nitrogen and oxygen atoms in total. The van der Waals surface area contributed by atoms with Crippen LogP contribution in [-0.4, -0.2) is 12.7 Å². The van der Waals surface area contributed by atoms with Crippen molar-refractivity contribution in [2.75, 3.05) is 0 Å². The zero-order chi connectivity index (χ0) is 19.4. The van der Waals surface area contributed by atoms with E-state index in [1.165, 1.54) is 4.31 Å². The van der Waals surface area contributed by atoms with Crippen molar-refractivity contribution in [1.29, 1.82) is 0 Å². The molecule has 0 unspecified atom stereocenters. The fourth-order valence-corrected chi connectivity index (χ4v) is 4.90. The molecule has 0 amide bonds. The van der Waals surface area contributed by atoms with Gasteiger partial charge in [-0.15, -0.1) is 0 Å². The van der Waals surface area contributed by atoms with Gasteiger partial charge in [0, 0.05) is 18.1 Å². The molecule has 0 spiro atoms. The Morgan fingerprint density at radius 3 is 1.74 bits per heavy atom. The van der Waals surface area contributed by atoms with Crippen molar-refractivity contribution >= 4 is 21.6 Å². The quantitative estimate of drug-likeness (QED) is 0.560. The first-order chi connectivity index (χ1) is 12.9. The second-order valence-electron chi connectivity index (χ2n) is 6.61. The van der Waals surface area contributed by atoms with Crippen molar-refractivity contribution in [2.45, 2.75) is 31.8 Å². The molecule has 3 rings (SSSR count). The lowest BCUT2D eigenvalue weighted by atomic mass is 10.2. The molecule has 0 aromatic heterocycles. The molecule has 0 atom stereocenters. The van der Waals surface area contributed by atoms with Gasteiger partial charge in [-0.3, -0.25) is 0 Å². The summed E-state index contributed by atoms with van der Waals surface area (Å²) in [5, 5.41) is 0.573. The van der Waals surface area contributed by atoms with E-state index in [9.17, 15) is 8.42 Å². The first-order valence-electron chi connectivity index (χ1n) is 8.72. The molecule has 0 bridgehead atoms. The maximum absolute atomic E-state index is 13.5. The van der Waals surface area contributed by atoms with Gasteiger partial charge in [0.05, 0.1) is 4.90 Å². The summed E-state index contributed by atoms with van der Waals surface area (Å²) in [6.07, 6.45) is 0. The van der Waals surface area contributed by atoms with Crippen LogP contribution < -0.4 is 0 Å². The number of hydrogen-bond acceptors (Lipinski definition) is 2. The van der Waals surface area contributed by atoms with Gasteiger partial charge in [0.2, 0.25) is 10.0 Å². The van der Waals surface area contributed by atoms with Crippen molar-refractivity contribution in [3.05, 3.63) is 100 Å². The van der Waals surface area contributed by atoms with Gasteiger partial charge < -0.3 is 0 Å². The van der Waals surface area contributed by atoms with E-state index in [1.54, 1.807) is 19.1 Å². The highest BCUT2D eigenvalue weighted by Gasteiger charge is 2.27. The summed E-state index contributed by atoms with van der Waals surface area (Å²) in [6.45, 7) is 4.21. The molecule has 0 radical (unpaired) electrons. The Morgan fingerprint density at radius 1 is 0.778 bits per heavy atom. The summed E-state index contributed by atoms with van der Waals surface area (Å²) in [7, 11) is -3.69. The second-order valence-corrected chi connectivity index (χ2v) is 8.92. The van der Waals surface area contributed by atoms with Crippen LogP contribution in [0.5, 0.6) is 0 Å². The number of sulfonamides is 1. The SMILES string of the molecule is Cc1cc(S(=O)(=O)N(Cc2ccccc2)Cc2ccccc2)c(C)cc1Cl. The number of aryl methyl sites for hydroxylation is 2. The number of hydrogen-bond donors (Lipinski definition) is 0. The summed E-state index contributed by atoms with van der Waals surface area (Å²) in [4.78, 5) is 0.302. The van der Waals surface area contributed by atoms with Gasteiger partial charge in [0.25, 0.3) is 0 Å². The molecule has 0 aliphatic rings. The van der Waals surface area contributed by atoms with E-state index in [4.69, 9.17) is 11.6 Å². The summed E-state index contributed by atoms with van der Waals surface area (Å²) < 4.78 is 28.5. The van der Waals surface area contributed by atoms with Gasteiger partial charge in [-0.2, -0.15) is 4.31 Å². The zero-order valence-electron chi connectivity index (χ0n) is 15.4. The van der Waals surface area contributed by atoms with Crippen LogP contribution in [0.1, 0.15) is 22.3 Å². The highest BCUT2D eigenvalue weighted by Crippen LogP contribution is 2.28. The summed E-state index contributed by atoms with van der Waals surface area (Å²) in [5.74, 6) is 0. The van der Waals surface area contributed by atoms with Crippen molar-refractivity contribution in [1.82, 2.24) is 4.31 Å². The van der Waals surface area contributed by atoms with Gasteiger partial charge in [0.1, 0.15) is 0 Å². The number of halogens is 1. The summed E-state index contributed by atoms with van der Waals surface area (Å²) in [6, 6.07) is 22.6. The number of rotatable bonds is 6. The standard InChI is InChI=1S/C22H22ClNO2S/c1-17-14-22(18(2)13-21(17)23)27(25,26)24(15-19-9-5-3-6-10-19)16-20-11-7-4-8-12-20/h3-14H,15-16H2,1-2H3. The normalized spacial score (nSPS) is 11.7. The van der Waals surface area contributed by atoms with Gasteiger partial charge in [-0.1, -0.05) is 72.3 Å². The van der Waals surface area contributed by atoms with E-state index in [-0.39, 0.29) is 0 Å². The number of benzene rings is 3. The molecule has 0 aliphatic carbocycles. The van der Waals surface area contributed by atoms with Crippen LogP contribution in [0.3, 0.4) is 0 Å². The van der Waals surface area contributed by atoms with Crippen molar-refractivity contribution in [3.8, 4) is 0 Å². The Morgan fingerprint density at radius 2 is 1.26 bits per heavy atom. The fourth-order valence-electron chi connectivity index (χ4n) is 2.97. The van der Waals surface area contributed by atoms with E-state index >= 15 is 0 Å². The van der Waals surface area contributed by atoms with Crippen LogP contribution in [0, 0.1) is 13.8 Å². The highest BCUT2D eigenvalue weighted by molar-refractivity contribution is 7.89.